The van der Waals surface area contributed by atoms with Crippen LogP contribution in [0.25, 0.3) is 0 Å². The molecule has 0 aromatic heterocycles. The second kappa shape index (κ2) is 7.39. The Bertz CT molecular complexity index is 619. The molecular weight excluding hydrogens is 335 g/mol. The summed E-state index contributed by atoms with van der Waals surface area (Å²) in [5.41, 5.74) is -3.91. The van der Waals surface area contributed by atoms with Gasteiger partial charge in [0.15, 0.2) is 0 Å². The average molecular weight is 351 g/mol. The van der Waals surface area contributed by atoms with Crippen molar-refractivity contribution in [2.75, 3.05) is 26.6 Å². The Labute approximate surface area is 135 Å². The van der Waals surface area contributed by atoms with Gasteiger partial charge < -0.3 is 24.6 Å². The topological polar surface area (TPSA) is 94.1 Å². The van der Waals surface area contributed by atoms with Crippen molar-refractivity contribution in [1.82, 2.24) is 0 Å². The number of anilines is 1. The predicted molar refractivity (Wildman–Crippen MR) is 75.8 cm³/mol. The molecule has 0 saturated heterocycles. The van der Waals surface area contributed by atoms with E-state index in [4.69, 9.17) is 9.47 Å². The Kier molecular flexibility index (Phi) is 6.02. The van der Waals surface area contributed by atoms with Crippen LogP contribution >= 0.6 is 0 Å². The molecule has 1 amide bonds. The average Bonchev–Trinajstić information content (AvgIpc) is 2.52. The zero-order valence-electron chi connectivity index (χ0n) is 13.1. The molecule has 0 bridgehead atoms. The van der Waals surface area contributed by atoms with E-state index in [0.29, 0.717) is 12.9 Å². The first-order valence-electron chi connectivity index (χ1n) is 6.48. The van der Waals surface area contributed by atoms with E-state index in [2.05, 4.69) is 10.1 Å². The molecule has 0 aliphatic rings. The summed E-state index contributed by atoms with van der Waals surface area (Å²) in [5, 5.41) is 11.7. The molecule has 24 heavy (non-hydrogen) atoms. The molecule has 1 unspecified atom stereocenters. The molecule has 0 aliphatic carbocycles. The largest absolute Gasteiger partial charge is 0.497 e. The first kappa shape index (κ1) is 19.6. The number of aliphatic hydroxyl groups is 1. The maximum absolute atomic E-state index is 12.9. The van der Waals surface area contributed by atoms with E-state index in [0.717, 1.165) is 0 Å². The number of ether oxygens (including phenoxy) is 3. The maximum Gasteiger partial charge on any atom is 0.428 e. The molecule has 134 valence electrons. The Morgan fingerprint density at radius 1 is 1.17 bits per heavy atom. The van der Waals surface area contributed by atoms with Crippen LogP contribution in [0.5, 0.6) is 11.5 Å². The molecule has 2 N–H and O–H groups in total. The van der Waals surface area contributed by atoms with Crippen molar-refractivity contribution in [1.29, 1.82) is 0 Å². The number of methoxy groups -OCH3 is 3. The van der Waals surface area contributed by atoms with Crippen LogP contribution in [0.4, 0.5) is 18.9 Å². The first-order valence-corrected chi connectivity index (χ1v) is 6.48. The molecule has 0 spiro atoms. The number of hydrogen-bond acceptors (Lipinski definition) is 6. The predicted octanol–water partition coefficient (Wildman–Crippen LogP) is 1.50. The van der Waals surface area contributed by atoms with Gasteiger partial charge in [0.05, 0.1) is 33.4 Å². The highest BCUT2D eigenvalue weighted by Gasteiger charge is 2.61. The summed E-state index contributed by atoms with van der Waals surface area (Å²) in [4.78, 5) is 23.1. The smallest absolute Gasteiger partial charge is 0.428 e. The Hall–Kier alpha value is -2.49. The molecule has 0 fully saturated rings. The summed E-state index contributed by atoms with van der Waals surface area (Å²) < 4.78 is 52.6. The van der Waals surface area contributed by atoms with E-state index < -0.39 is 30.1 Å². The Morgan fingerprint density at radius 2 is 1.79 bits per heavy atom. The summed E-state index contributed by atoms with van der Waals surface area (Å²) in [5.74, 6) is -2.72. The van der Waals surface area contributed by atoms with Crippen LogP contribution in [0.2, 0.25) is 0 Å². The number of rotatable bonds is 6. The lowest BCUT2D eigenvalue weighted by Crippen LogP contribution is -2.54. The van der Waals surface area contributed by atoms with E-state index in [1.165, 1.54) is 32.4 Å². The first-order chi connectivity index (χ1) is 11.1. The van der Waals surface area contributed by atoms with E-state index in [1.54, 1.807) is 0 Å². The molecule has 7 nitrogen and oxygen atoms in total. The number of benzene rings is 1. The fraction of sp³-hybridized carbons (Fsp3) is 0.429. The van der Waals surface area contributed by atoms with E-state index in [9.17, 15) is 27.9 Å². The Morgan fingerprint density at radius 3 is 2.25 bits per heavy atom. The summed E-state index contributed by atoms with van der Waals surface area (Å²) in [6.07, 6.45) is -6.96. The number of carbonyl (C=O) groups is 2. The van der Waals surface area contributed by atoms with Crippen molar-refractivity contribution in [3.8, 4) is 11.5 Å². The molecule has 1 atom stereocenters. The monoisotopic (exact) mass is 351 g/mol. The van der Waals surface area contributed by atoms with Gasteiger partial charge in [0.2, 0.25) is 5.91 Å². The third-order valence-electron chi connectivity index (χ3n) is 3.09. The number of halogens is 3. The van der Waals surface area contributed by atoms with Crippen molar-refractivity contribution < 1.29 is 42.1 Å². The third kappa shape index (κ3) is 4.07. The minimum atomic E-state index is -5.39. The van der Waals surface area contributed by atoms with Crippen molar-refractivity contribution in [2.24, 2.45) is 0 Å². The van der Waals surface area contributed by atoms with E-state index in [-0.39, 0.29) is 11.4 Å². The van der Waals surface area contributed by atoms with Crippen LogP contribution in [0.3, 0.4) is 0 Å². The van der Waals surface area contributed by atoms with Gasteiger partial charge in [-0.25, -0.2) is 4.79 Å². The van der Waals surface area contributed by atoms with Gasteiger partial charge in [0, 0.05) is 6.07 Å². The number of hydrogen-bond donors (Lipinski definition) is 2. The van der Waals surface area contributed by atoms with Crippen LogP contribution in [-0.2, 0) is 14.3 Å². The third-order valence-corrected chi connectivity index (χ3v) is 3.09. The van der Waals surface area contributed by atoms with Gasteiger partial charge in [-0.15, -0.1) is 0 Å². The van der Waals surface area contributed by atoms with E-state index >= 15 is 0 Å². The lowest BCUT2D eigenvalue weighted by molar-refractivity contribution is -0.261. The van der Waals surface area contributed by atoms with Crippen molar-refractivity contribution in [2.45, 2.75) is 18.2 Å². The molecule has 1 rings (SSSR count). The van der Waals surface area contributed by atoms with Crippen LogP contribution in [0.1, 0.15) is 6.42 Å². The second-order valence-electron chi connectivity index (χ2n) is 4.64. The summed E-state index contributed by atoms with van der Waals surface area (Å²) in [6, 6.07) is 4.17. The highest BCUT2D eigenvalue weighted by Crippen LogP contribution is 2.35. The van der Waals surface area contributed by atoms with E-state index in [1.807, 2.05) is 0 Å². The fourth-order valence-electron chi connectivity index (χ4n) is 1.79. The highest BCUT2D eigenvalue weighted by atomic mass is 19.4. The summed E-state index contributed by atoms with van der Waals surface area (Å²) >= 11 is 0. The molecular formula is C14H16F3NO6. The van der Waals surface area contributed by atoms with Crippen LogP contribution < -0.4 is 14.8 Å². The zero-order chi connectivity index (χ0) is 18.5. The lowest BCUT2D eigenvalue weighted by atomic mass is 9.98. The number of esters is 1. The molecule has 0 aliphatic heterocycles. The molecule has 1 aromatic rings. The van der Waals surface area contributed by atoms with Gasteiger partial charge in [0.1, 0.15) is 11.5 Å². The molecule has 10 heteroatoms. The standard InChI is InChI=1S/C14H16F3NO6/c1-22-8-4-5-9(10(6-8)23-2)18-11(19)7-13(21,12(20)24-3)14(15,16)17/h4-6,21H,7H2,1-3H3,(H,18,19). The van der Waals surface area contributed by atoms with Crippen LogP contribution in [0.15, 0.2) is 18.2 Å². The number of nitrogens with one attached hydrogen (secondary N) is 1. The molecule has 0 radical (unpaired) electrons. The fourth-order valence-corrected chi connectivity index (χ4v) is 1.79. The van der Waals surface area contributed by atoms with Gasteiger partial charge in [-0.1, -0.05) is 0 Å². The number of alkyl halides is 3. The molecule has 1 aromatic carbocycles. The van der Waals surface area contributed by atoms with Gasteiger partial charge in [-0.3, -0.25) is 4.79 Å². The second-order valence-corrected chi connectivity index (χ2v) is 4.64. The normalized spacial score (nSPS) is 13.6. The zero-order valence-corrected chi connectivity index (χ0v) is 13.1. The van der Waals surface area contributed by atoms with Gasteiger partial charge in [-0.2, -0.15) is 13.2 Å². The van der Waals surface area contributed by atoms with Crippen LogP contribution in [-0.4, -0.2) is 50.1 Å². The number of carbonyl (C=O) groups excluding carboxylic acids is 2. The summed E-state index contributed by atoms with van der Waals surface area (Å²) in [7, 11) is 3.35. The van der Waals surface area contributed by atoms with Gasteiger partial charge in [0.25, 0.3) is 5.60 Å². The maximum atomic E-state index is 12.9. The SMILES string of the molecule is COC(=O)C(O)(CC(=O)Nc1ccc(OC)cc1OC)C(F)(F)F. The van der Waals surface area contributed by atoms with Crippen molar-refractivity contribution >= 4 is 17.6 Å². The minimum Gasteiger partial charge on any atom is -0.497 e. The quantitative estimate of drug-likeness (QED) is 0.755. The van der Waals surface area contributed by atoms with Gasteiger partial charge >= 0.3 is 12.1 Å². The van der Waals surface area contributed by atoms with Gasteiger partial charge in [-0.05, 0) is 12.1 Å². The van der Waals surface area contributed by atoms with Crippen LogP contribution in [0, 0.1) is 0 Å². The highest BCUT2D eigenvalue weighted by molar-refractivity contribution is 5.97. The molecule has 0 heterocycles. The number of amides is 1. The molecule has 0 saturated carbocycles. The van der Waals surface area contributed by atoms with Crippen molar-refractivity contribution in [3.63, 3.8) is 0 Å². The lowest BCUT2D eigenvalue weighted by Gasteiger charge is -2.27. The Balaban J connectivity index is 3.01. The summed E-state index contributed by atoms with van der Waals surface area (Å²) in [6.45, 7) is 0. The minimum absolute atomic E-state index is 0.0395. The van der Waals surface area contributed by atoms with Crippen molar-refractivity contribution in [3.05, 3.63) is 18.2 Å².